The van der Waals surface area contributed by atoms with Crippen LogP contribution in [-0.2, 0) is 9.59 Å². The number of benzene rings is 1. The van der Waals surface area contributed by atoms with E-state index in [0.29, 0.717) is 10.8 Å². The topological polar surface area (TPSA) is 62.3 Å². The number of anilines is 2. The summed E-state index contributed by atoms with van der Waals surface area (Å²) in [6.07, 6.45) is 8.00. The molecule has 6 heteroatoms. The predicted octanol–water partition coefficient (Wildman–Crippen LogP) is 2.59. The van der Waals surface area contributed by atoms with E-state index in [0.717, 1.165) is 5.69 Å². The summed E-state index contributed by atoms with van der Waals surface area (Å²) in [5, 5.41) is 4.85. The lowest BCUT2D eigenvalue weighted by Crippen LogP contribution is -2.22. The fourth-order valence-corrected chi connectivity index (χ4v) is 2.67. The summed E-state index contributed by atoms with van der Waals surface area (Å²) in [4.78, 5) is 29.3. The summed E-state index contributed by atoms with van der Waals surface area (Å²) in [7, 11) is 0. The quantitative estimate of drug-likeness (QED) is 0.679. The Morgan fingerprint density at radius 2 is 2.13 bits per heavy atom. The molecular formula is C17H15N3O2S. The van der Waals surface area contributed by atoms with Crippen LogP contribution in [0.1, 0.15) is 12.6 Å². The third kappa shape index (κ3) is 4.53. The molecule has 0 aliphatic heterocycles. The van der Waals surface area contributed by atoms with Gasteiger partial charge in [-0.1, -0.05) is 24.1 Å². The van der Waals surface area contributed by atoms with Crippen LogP contribution in [0, 0.1) is 12.3 Å². The molecule has 0 atom stereocenters. The molecule has 0 saturated heterocycles. The highest BCUT2D eigenvalue weighted by molar-refractivity contribution is 7.14. The van der Waals surface area contributed by atoms with E-state index in [1.807, 2.05) is 30.3 Å². The van der Waals surface area contributed by atoms with Crippen molar-refractivity contribution in [2.45, 2.75) is 6.92 Å². The zero-order chi connectivity index (χ0) is 16.7. The number of aromatic nitrogens is 1. The fraction of sp³-hybridized carbons (Fsp3) is 0.118. The highest BCUT2D eigenvalue weighted by Crippen LogP contribution is 2.28. The summed E-state index contributed by atoms with van der Waals surface area (Å²) < 4.78 is 0. The number of hydrogen-bond acceptors (Lipinski definition) is 4. The first kappa shape index (κ1) is 16.5. The molecule has 5 nitrogen and oxygen atoms in total. The van der Waals surface area contributed by atoms with Gasteiger partial charge in [-0.15, -0.1) is 17.8 Å². The normalized spacial score (nSPS) is 10.3. The molecule has 1 N–H and O–H groups in total. The summed E-state index contributed by atoms with van der Waals surface area (Å²) in [6.45, 7) is 1.66. The van der Waals surface area contributed by atoms with Crippen LogP contribution in [0.4, 0.5) is 10.8 Å². The van der Waals surface area contributed by atoms with Gasteiger partial charge in [-0.3, -0.25) is 14.5 Å². The van der Waals surface area contributed by atoms with E-state index in [1.54, 1.807) is 11.5 Å². The Hall–Kier alpha value is -2.91. The number of carbonyl (C=O) groups is 2. The number of amides is 2. The zero-order valence-corrected chi connectivity index (χ0v) is 13.3. The van der Waals surface area contributed by atoms with Gasteiger partial charge in [0.25, 0.3) is 0 Å². The Morgan fingerprint density at radius 1 is 1.39 bits per heavy atom. The smallest absolute Gasteiger partial charge is 0.244 e. The molecule has 0 fully saturated rings. The molecular weight excluding hydrogens is 310 g/mol. The van der Waals surface area contributed by atoms with Gasteiger partial charge in [-0.2, -0.15) is 0 Å². The van der Waals surface area contributed by atoms with E-state index >= 15 is 0 Å². The van der Waals surface area contributed by atoms with Crippen molar-refractivity contribution in [1.82, 2.24) is 10.3 Å². The van der Waals surface area contributed by atoms with Gasteiger partial charge < -0.3 is 5.32 Å². The molecule has 0 radical (unpaired) electrons. The van der Waals surface area contributed by atoms with Crippen LogP contribution in [0.2, 0.25) is 0 Å². The fourth-order valence-electron chi connectivity index (χ4n) is 1.82. The molecule has 0 aliphatic rings. The second kappa shape index (κ2) is 7.92. The minimum Gasteiger partial charge on any atom is -0.342 e. The van der Waals surface area contributed by atoms with Gasteiger partial charge in [-0.25, -0.2) is 4.98 Å². The Morgan fingerprint density at radius 3 is 2.78 bits per heavy atom. The van der Waals surface area contributed by atoms with Crippen LogP contribution in [-0.4, -0.2) is 23.3 Å². The second-order valence-electron chi connectivity index (χ2n) is 4.50. The third-order valence-electron chi connectivity index (χ3n) is 2.80. The average Bonchev–Trinajstić information content (AvgIpc) is 3.00. The molecule has 1 aromatic carbocycles. The van der Waals surface area contributed by atoms with Gasteiger partial charge >= 0.3 is 0 Å². The minimum atomic E-state index is -0.288. The lowest BCUT2D eigenvalue weighted by atomic mass is 10.3. The van der Waals surface area contributed by atoms with Gasteiger partial charge in [0.2, 0.25) is 11.8 Å². The van der Waals surface area contributed by atoms with Gasteiger partial charge in [-0.05, 0) is 18.2 Å². The second-order valence-corrected chi connectivity index (χ2v) is 5.34. The molecule has 2 aromatic rings. The average molecular weight is 325 g/mol. The molecule has 2 rings (SSSR count). The molecule has 116 valence electrons. The number of thiazole rings is 1. The van der Waals surface area contributed by atoms with Gasteiger partial charge in [0.05, 0.1) is 17.9 Å². The zero-order valence-electron chi connectivity index (χ0n) is 12.5. The van der Waals surface area contributed by atoms with E-state index in [2.05, 4.69) is 16.2 Å². The Kier molecular flexibility index (Phi) is 5.67. The number of terminal acetylenes is 1. The summed E-state index contributed by atoms with van der Waals surface area (Å²) in [5.41, 5.74) is 1.35. The van der Waals surface area contributed by atoms with Crippen molar-refractivity contribution in [3.63, 3.8) is 0 Å². The van der Waals surface area contributed by atoms with Crippen molar-refractivity contribution in [2.24, 2.45) is 0 Å². The molecule has 1 heterocycles. The largest absolute Gasteiger partial charge is 0.342 e. The number of nitrogens with one attached hydrogen (secondary N) is 1. The molecule has 0 unspecified atom stereocenters. The Bertz CT molecular complexity index is 760. The van der Waals surface area contributed by atoms with Crippen LogP contribution in [0.25, 0.3) is 6.08 Å². The third-order valence-corrected chi connectivity index (χ3v) is 3.64. The number of rotatable bonds is 5. The predicted molar refractivity (Wildman–Crippen MR) is 92.3 cm³/mol. The molecule has 0 spiro atoms. The van der Waals surface area contributed by atoms with Crippen molar-refractivity contribution < 1.29 is 9.59 Å². The number of carbonyl (C=O) groups excluding carboxylic acids is 2. The van der Waals surface area contributed by atoms with E-state index in [1.165, 1.54) is 29.2 Å². The minimum absolute atomic E-state index is 0.132. The summed E-state index contributed by atoms with van der Waals surface area (Å²) in [5.74, 6) is 1.90. The van der Waals surface area contributed by atoms with Crippen LogP contribution in [0.5, 0.6) is 0 Å². The lowest BCUT2D eigenvalue weighted by molar-refractivity contribution is -0.116. The van der Waals surface area contributed by atoms with Crippen LogP contribution in [0.3, 0.4) is 0 Å². The number of para-hydroxylation sites is 1. The maximum Gasteiger partial charge on any atom is 0.244 e. The van der Waals surface area contributed by atoms with Crippen molar-refractivity contribution in [3.05, 3.63) is 47.5 Å². The summed E-state index contributed by atoms with van der Waals surface area (Å²) >= 11 is 1.33. The number of hydrogen-bond donors (Lipinski definition) is 1. The standard InChI is InChI=1S/C17H15N3O2S/c1-3-11-18-16(22)10-9-14-12-23-17(19-14)20(13(2)21)15-7-5-4-6-8-15/h1,4-10,12H,11H2,2H3,(H,18,22). The highest BCUT2D eigenvalue weighted by atomic mass is 32.1. The lowest BCUT2D eigenvalue weighted by Gasteiger charge is -2.17. The van der Waals surface area contributed by atoms with Gasteiger partial charge in [0, 0.05) is 18.4 Å². The molecule has 0 saturated carbocycles. The van der Waals surface area contributed by atoms with E-state index < -0.39 is 0 Å². The first-order valence-corrected chi connectivity index (χ1v) is 7.70. The molecule has 1 aromatic heterocycles. The maximum atomic E-state index is 11.9. The molecule has 0 bridgehead atoms. The van der Waals surface area contributed by atoms with E-state index in [4.69, 9.17) is 6.42 Å². The first-order chi connectivity index (χ1) is 11.1. The van der Waals surface area contributed by atoms with Gasteiger partial charge in [0.1, 0.15) is 0 Å². The number of nitrogens with zero attached hydrogens (tertiary/aromatic N) is 2. The first-order valence-electron chi connectivity index (χ1n) is 6.82. The highest BCUT2D eigenvalue weighted by Gasteiger charge is 2.17. The Balaban J connectivity index is 2.17. The van der Waals surface area contributed by atoms with Crippen LogP contribution >= 0.6 is 11.3 Å². The van der Waals surface area contributed by atoms with Crippen molar-refractivity contribution >= 4 is 40.0 Å². The van der Waals surface area contributed by atoms with E-state index in [-0.39, 0.29) is 18.4 Å². The van der Waals surface area contributed by atoms with Crippen molar-refractivity contribution in [3.8, 4) is 12.3 Å². The van der Waals surface area contributed by atoms with Crippen molar-refractivity contribution in [2.75, 3.05) is 11.4 Å². The summed E-state index contributed by atoms with van der Waals surface area (Å²) in [6, 6.07) is 9.27. The Labute approximate surface area is 138 Å². The molecule has 23 heavy (non-hydrogen) atoms. The van der Waals surface area contributed by atoms with Crippen LogP contribution in [0.15, 0.2) is 41.8 Å². The SMILES string of the molecule is C#CCNC(=O)C=Cc1csc(N(C(C)=O)c2ccccc2)n1. The maximum absolute atomic E-state index is 11.9. The van der Waals surface area contributed by atoms with E-state index in [9.17, 15) is 9.59 Å². The van der Waals surface area contributed by atoms with Crippen molar-refractivity contribution in [1.29, 1.82) is 0 Å². The van der Waals surface area contributed by atoms with Gasteiger partial charge in [0.15, 0.2) is 5.13 Å². The monoisotopic (exact) mass is 325 g/mol. The molecule has 0 aliphatic carbocycles. The van der Waals surface area contributed by atoms with Crippen LogP contribution < -0.4 is 10.2 Å². The molecule has 2 amide bonds.